The lowest BCUT2D eigenvalue weighted by molar-refractivity contribution is -0.120. The summed E-state index contributed by atoms with van der Waals surface area (Å²) in [4.78, 5) is 11.9. The zero-order valence-corrected chi connectivity index (χ0v) is 13.5. The lowest BCUT2D eigenvalue weighted by Gasteiger charge is -2.07. The van der Waals surface area contributed by atoms with Gasteiger partial charge in [0.15, 0.2) is 0 Å². The highest BCUT2D eigenvalue weighted by Crippen LogP contribution is 2.22. The molecule has 116 valence electrons. The molecular formula is C17H17Cl2NO2. The Bertz CT molecular complexity index is 642. The summed E-state index contributed by atoms with van der Waals surface area (Å²) in [7, 11) is 0. The molecule has 0 aromatic heterocycles. The largest absolute Gasteiger partial charge is 0.392 e. The predicted molar refractivity (Wildman–Crippen MR) is 89.2 cm³/mol. The Balaban J connectivity index is 1.78. The van der Waals surface area contributed by atoms with Crippen LogP contribution in [0.4, 0.5) is 0 Å². The van der Waals surface area contributed by atoms with Crippen LogP contribution in [0.25, 0.3) is 0 Å². The van der Waals surface area contributed by atoms with Crippen molar-refractivity contribution in [2.45, 2.75) is 19.4 Å². The van der Waals surface area contributed by atoms with Crippen LogP contribution in [-0.2, 0) is 24.2 Å². The monoisotopic (exact) mass is 337 g/mol. The number of amides is 1. The number of carbonyl (C=O) groups excluding carboxylic acids is 1. The molecule has 0 saturated heterocycles. The average Bonchev–Trinajstić information content (AvgIpc) is 2.51. The highest BCUT2D eigenvalue weighted by atomic mass is 35.5. The van der Waals surface area contributed by atoms with Crippen molar-refractivity contribution < 1.29 is 9.90 Å². The molecule has 5 heteroatoms. The zero-order valence-electron chi connectivity index (χ0n) is 12.0. The first kappa shape index (κ1) is 16.8. The van der Waals surface area contributed by atoms with E-state index in [1.165, 1.54) is 0 Å². The fraction of sp³-hybridized carbons (Fsp3) is 0.235. The number of carbonyl (C=O) groups is 1. The Kier molecular flexibility index (Phi) is 6.25. The molecule has 0 aliphatic rings. The van der Waals surface area contributed by atoms with Crippen molar-refractivity contribution in [3.63, 3.8) is 0 Å². The normalized spacial score (nSPS) is 10.5. The molecule has 0 aliphatic heterocycles. The fourth-order valence-electron chi connectivity index (χ4n) is 2.06. The van der Waals surface area contributed by atoms with Crippen LogP contribution in [0.5, 0.6) is 0 Å². The highest BCUT2D eigenvalue weighted by Gasteiger charge is 2.05. The maximum Gasteiger partial charge on any atom is 0.224 e. The Morgan fingerprint density at radius 2 is 1.59 bits per heavy atom. The molecule has 0 atom stereocenters. The van der Waals surface area contributed by atoms with Crippen LogP contribution in [0.15, 0.2) is 42.5 Å². The Morgan fingerprint density at radius 1 is 0.955 bits per heavy atom. The molecule has 0 aliphatic carbocycles. The number of benzene rings is 2. The molecule has 3 nitrogen and oxygen atoms in total. The third-order valence-electron chi connectivity index (χ3n) is 3.29. The van der Waals surface area contributed by atoms with Crippen LogP contribution in [0.1, 0.15) is 16.7 Å². The Hall–Kier alpha value is -1.55. The van der Waals surface area contributed by atoms with Gasteiger partial charge in [0.05, 0.1) is 23.1 Å². The minimum atomic E-state index is -0.0506. The van der Waals surface area contributed by atoms with Crippen molar-refractivity contribution in [2.75, 3.05) is 6.54 Å². The van der Waals surface area contributed by atoms with Crippen molar-refractivity contribution in [2.24, 2.45) is 0 Å². The van der Waals surface area contributed by atoms with Gasteiger partial charge in [0, 0.05) is 6.54 Å². The van der Waals surface area contributed by atoms with E-state index in [0.29, 0.717) is 16.6 Å². The number of halogens is 2. The van der Waals surface area contributed by atoms with Crippen molar-refractivity contribution in [3.8, 4) is 0 Å². The van der Waals surface area contributed by atoms with E-state index in [-0.39, 0.29) is 18.9 Å². The van der Waals surface area contributed by atoms with Crippen LogP contribution in [0.2, 0.25) is 10.0 Å². The van der Waals surface area contributed by atoms with Crippen LogP contribution in [0.3, 0.4) is 0 Å². The number of nitrogens with one attached hydrogen (secondary N) is 1. The van der Waals surface area contributed by atoms with Crippen LogP contribution >= 0.6 is 23.2 Å². The Morgan fingerprint density at radius 3 is 2.23 bits per heavy atom. The number of rotatable bonds is 6. The maximum atomic E-state index is 11.9. The van der Waals surface area contributed by atoms with Gasteiger partial charge in [-0.15, -0.1) is 0 Å². The SMILES string of the molecule is O=C(Cc1ccc(Cl)c(Cl)c1)NCCc1ccc(CO)cc1. The molecule has 0 heterocycles. The maximum absolute atomic E-state index is 11.9. The van der Waals surface area contributed by atoms with E-state index < -0.39 is 0 Å². The van der Waals surface area contributed by atoms with Crippen molar-refractivity contribution in [1.82, 2.24) is 5.32 Å². The van der Waals surface area contributed by atoms with E-state index in [2.05, 4.69) is 5.32 Å². The van der Waals surface area contributed by atoms with Gasteiger partial charge in [0.2, 0.25) is 5.91 Å². The van der Waals surface area contributed by atoms with Gasteiger partial charge in [0.1, 0.15) is 0 Å². The van der Waals surface area contributed by atoms with Gasteiger partial charge < -0.3 is 10.4 Å². The molecule has 0 unspecified atom stereocenters. The van der Waals surface area contributed by atoms with Crippen LogP contribution in [0, 0.1) is 0 Å². The zero-order chi connectivity index (χ0) is 15.9. The van der Waals surface area contributed by atoms with Gasteiger partial charge >= 0.3 is 0 Å². The van der Waals surface area contributed by atoms with Crippen molar-refractivity contribution in [1.29, 1.82) is 0 Å². The van der Waals surface area contributed by atoms with Gasteiger partial charge in [-0.25, -0.2) is 0 Å². The number of hydrogen-bond donors (Lipinski definition) is 2. The smallest absolute Gasteiger partial charge is 0.224 e. The lowest BCUT2D eigenvalue weighted by atomic mass is 10.1. The van der Waals surface area contributed by atoms with E-state index in [1.807, 2.05) is 24.3 Å². The van der Waals surface area contributed by atoms with E-state index >= 15 is 0 Å². The number of aliphatic hydroxyl groups is 1. The van der Waals surface area contributed by atoms with Gasteiger partial charge in [-0.1, -0.05) is 53.5 Å². The van der Waals surface area contributed by atoms with Gasteiger partial charge in [-0.3, -0.25) is 4.79 Å². The summed E-state index contributed by atoms with van der Waals surface area (Å²) in [6.07, 6.45) is 1.03. The van der Waals surface area contributed by atoms with E-state index in [4.69, 9.17) is 28.3 Å². The van der Waals surface area contributed by atoms with Crippen LogP contribution < -0.4 is 5.32 Å². The minimum Gasteiger partial charge on any atom is -0.392 e. The summed E-state index contributed by atoms with van der Waals surface area (Å²) >= 11 is 11.8. The molecule has 2 aromatic carbocycles. The molecule has 0 radical (unpaired) electrons. The molecule has 0 saturated carbocycles. The summed E-state index contributed by atoms with van der Waals surface area (Å²) in [5, 5.41) is 12.8. The predicted octanol–water partition coefficient (Wildman–Crippen LogP) is 3.39. The van der Waals surface area contributed by atoms with E-state index in [0.717, 1.165) is 23.1 Å². The summed E-state index contributed by atoms with van der Waals surface area (Å²) in [5.41, 5.74) is 2.83. The molecule has 22 heavy (non-hydrogen) atoms. The first-order valence-corrected chi connectivity index (χ1v) is 7.73. The van der Waals surface area contributed by atoms with Crippen LogP contribution in [-0.4, -0.2) is 17.6 Å². The first-order chi connectivity index (χ1) is 10.6. The molecule has 0 bridgehead atoms. The third kappa shape index (κ3) is 5.02. The number of hydrogen-bond acceptors (Lipinski definition) is 2. The quantitative estimate of drug-likeness (QED) is 0.848. The van der Waals surface area contributed by atoms with Gasteiger partial charge in [0.25, 0.3) is 0 Å². The summed E-state index contributed by atoms with van der Waals surface area (Å²) in [6.45, 7) is 0.610. The molecule has 2 aromatic rings. The second-order valence-corrected chi connectivity index (χ2v) is 5.81. The van der Waals surface area contributed by atoms with Crippen molar-refractivity contribution >= 4 is 29.1 Å². The molecule has 1 amide bonds. The number of aliphatic hydroxyl groups excluding tert-OH is 1. The molecular weight excluding hydrogens is 321 g/mol. The molecule has 2 N–H and O–H groups in total. The molecule has 2 rings (SSSR count). The molecule has 0 spiro atoms. The average molecular weight is 338 g/mol. The summed E-state index contributed by atoms with van der Waals surface area (Å²) in [5.74, 6) is -0.0506. The Labute approximate surface area is 139 Å². The fourth-order valence-corrected chi connectivity index (χ4v) is 2.38. The standard InChI is InChI=1S/C17H17Cl2NO2/c18-15-6-5-14(9-16(15)19)10-17(22)20-8-7-12-1-3-13(11-21)4-2-12/h1-6,9,21H,7-8,10-11H2,(H,20,22). The summed E-state index contributed by atoms with van der Waals surface area (Å²) < 4.78 is 0. The first-order valence-electron chi connectivity index (χ1n) is 6.98. The highest BCUT2D eigenvalue weighted by molar-refractivity contribution is 6.42. The topological polar surface area (TPSA) is 49.3 Å². The second kappa shape index (κ2) is 8.18. The third-order valence-corrected chi connectivity index (χ3v) is 4.03. The van der Waals surface area contributed by atoms with Gasteiger partial charge in [-0.2, -0.15) is 0 Å². The molecule has 0 fully saturated rings. The minimum absolute atomic E-state index is 0.0423. The van der Waals surface area contributed by atoms with E-state index in [9.17, 15) is 4.79 Å². The second-order valence-electron chi connectivity index (χ2n) is 5.00. The van der Waals surface area contributed by atoms with Crippen molar-refractivity contribution in [3.05, 3.63) is 69.2 Å². The van der Waals surface area contributed by atoms with Gasteiger partial charge in [-0.05, 0) is 35.2 Å². The summed E-state index contributed by atoms with van der Waals surface area (Å²) in [6, 6.07) is 12.9. The van der Waals surface area contributed by atoms with E-state index in [1.54, 1.807) is 18.2 Å². The lowest BCUT2D eigenvalue weighted by Crippen LogP contribution is -2.27.